The third kappa shape index (κ3) is 3.75. The van der Waals surface area contributed by atoms with E-state index >= 15 is 0 Å². The monoisotopic (exact) mass is 316 g/mol. The minimum absolute atomic E-state index is 0.233. The molecule has 23 heavy (non-hydrogen) atoms. The van der Waals surface area contributed by atoms with Crippen molar-refractivity contribution in [2.24, 2.45) is 5.73 Å². The van der Waals surface area contributed by atoms with Crippen LogP contribution in [0.3, 0.4) is 0 Å². The van der Waals surface area contributed by atoms with Crippen LogP contribution >= 0.6 is 0 Å². The van der Waals surface area contributed by atoms with Crippen molar-refractivity contribution in [3.8, 4) is 0 Å². The number of hydrogen-bond acceptors (Lipinski definition) is 5. The molecule has 0 fully saturated rings. The molecule has 0 aliphatic rings. The van der Waals surface area contributed by atoms with E-state index in [0.29, 0.717) is 41.4 Å². The molecule has 0 aliphatic heterocycles. The topological polar surface area (TPSA) is 110 Å². The maximum absolute atomic E-state index is 12.4. The van der Waals surface area contributed by atoms with E-state index in [1.165, 1.54) is 0 Å². The highest BCUT2D eigenvalue weighted by molar-refractivity contribution is 6.06. The maximum atomic E-state index is 12.4. The Balaban J connectivity index is 2.22. The zero-order valence-corrected chi connectivity index (χ0v) is 13.4. The smallest absolute Gasteiger partial charge is 0.261 e. The first-order valence-corrected chi connectivity index (χ1v) is 7.27. The highest BCUT2D eigenvalue weighted by atomic mass is 16.5. The summed E-state index contributed by atoms with van der Waals surface area (Å²) < 4.78 is 5.00. The number of aromatic nitrogens is 1. The lowest BCUT2D eigenvalue weighted by molar-refractivity contribution is 0.0953. The van der Waals surface area contributed by atoms with Gasteiger partial charge in [0.25, 0.3) is 11.8 Å². The van der Waals surface area contributed by atoms with Crippen LogP contribution in [0.15, 0.2) is 22.7 Å². The van der Waals surface area contributed by atoms with Crippen molar-refractivity contribution in [2.45, 2.75) is 20.8 Å². The molecule has 7 heteroatoms. The molecule has 0 saturated carbocycles. The number of benzene rings is 1. The number of nitrogens with one attached hydrogen (secondary N) is 2. The van der Waals surface area contributed by atoms with Crippen LogP contribution in [0.2, 0.25) is 0 Å². The van der Waals surface area contributed by atoms with Crippen molar-refractivity contribution in [1.29, 1.82) is 0 Å². The van der Waals surface area contributed by atoms with Crippen LogP contribution in [-0.2, 0) is 0 Å². The highest BCUT2D eigenvalue weighted by Gasteiger charge is 2.18. The van der Waals surface area contributed by atoms with E-state index in [0.717, 1.165) is 5.56 Å². The average Bonchev–Trinajstić information content (AvgIpc) is 2.86. The predicted octanol–water partition coefficient (Wildman–Crippen LogP) is 1.54. The number of aryl methyl sites for hydroxylation is 3. The summed E-state index contributed by atoms with van der Waals surface area (Å²) in [6.07, 6.45) is 0. The van der Waals surface area contributed by atoms with Gasteiger partial charge in [-0.3, -0.25) is 9.59 Å². The minimum Gasteiger partial charge on any atom is -0.361 e. The third-order valence-corrected chi connectivity index (χ3v) is 3.44. The lowest BCUT2D eigenvalue weighted by atomic mass is 10.1. The molecule has 4 N–H and O–H groups in total. The van der Waals surface area contributed by atoms with Crippen molar-refractivity contribution in [2.75, 3.05) is 18.4 Å². The Labute approximate surface area is 134 Å². The first-order valence-electron chi connectivity index (χ1n) is 7.27. The van der Waals surface area contributed by atoms with Gasteiger partial charge in [0.05, 0.1) is 5.69 Å². The van der Waals surface area contributed by atoms with Gasteiger partial charge in [-0.15, -0.1) is 0 Å². The van der Waals surface area contributed by atoms with Crippen LogP contribution in [0.1, 0.15) is 37.7 Å². The molecule has 7 nitrogen and oxygen atoms in total. The number of anilines is 1. The molecule has 0 aliphatic carbocycles. The molecular weight excluding hydrogens is 296 g/mol. The molecule has 1 aromatic heterocycles. The summed E-state index contributed by atoms with van der Waals surface area (Å²) in [4.78, 5) is 24.4. The Bertz CT molecular complexity index is 717. The molecule has 1 heterocycles. The number of carbonyl (C=O) groups is 2. The quantitative estimate of drug-likeness (QED) is 0.775. The Kier molecular flexibility index (Phi) is 5.13. The van der Waals surface area contributed by atoms with Crippen LogP contribution < -0.4 is 16.4 Å². The van der Waals surface area contributed by atoms with E-state index in [-0.39, 0.29) is 11.8 Å². The molecule has 2 aromatic rings. The van der Waals surface area contributed by atoms with Gasteiger partial charge in [-0.05, 0) is 38.5 Å². The molecule has 0 atom stereocenters. The summed E-state index contributed by atoms with van der Waals surface area (Å²) in [5.41, 5.74) is 8.17. The van der Waals surface area contributed by atoms with Gasteiger partial charge in [-0.25, -0.2) is 0 Å². The fourth-order valence-corrected chi connectivity index (χ4v) is 2.18. The van der Waals surface area contributed by atoms with Crippen LogP contribution in [-0.4, -0.2) is 30.1 Å². The van der Waals surface area contributed by atoms with Gasteiger partial charge in [-0.1, -0.05) is 11.2 Å². The van der Waals surface area contributed by atoms with Crippen LogP contribution in [0.4, 0.5) is 5.69 Å². The number of amides is 2. The summed E-state index contributed by atoms with van der Waals surface area (Å²) >= 11 is 0. The fraction of sp³-hybridized carbons (Fsp3) is 0.312. The first kappa shape index (κ1) is 16.7. The minimum atomic E-state index is -0.316. The number of nitrogens with zero attached hydrogens (tertiary/aromatic N) is 1. The van der Waals surface area contributed by atoms with Crippen molar-refractivity contribution in [3.63, 3.8) is 0 Å². The molecule has 122 valence electrons. The highest BCUT2D eigenvalue weighted by Crippen LogP contribution is 2.20. The Morgan fingerprint density at radius 2 is 1.96 bits per heavy atom. The van der Waals surface area contributed by atoms with Crippen molar-refractivity contribution >= 4 is 17.5 Å². The van der Waals surface area contributed by atoms with Gasteiger partial charge in [0.2, 0.25) is 0 Å². The zero-order chi connectivity index (χ0) is 17.0. The molecule has 0 radical (unpaired) electrons. The second-order valence-corrected chi connectivity index (χ2v) is 5.23. The SMILES string of the molecule is Cc1ccc(C(=O)NCCN)cc1NC(=O)c1c(C)noc1C. The predicted molar refractivity (Wildman–Crippen MR) is 86.5 cm³/mol. The van der Waals surface area contributed by atoms with Gasteiger partial charge in [0, 0.05) is 24.3 Å². The summed E-state index contributed by atoms with van der Waals surface area (Å²) in [6.45, 7) is 6.00. The lowest BCUT2D eigenvalue weighted by Crippen LogP contribution is -2.29. The first-order chi connectivity index (χ1) is 10.9. The summed E-state index contributed by atoms with van der Waals surface area (Å²) in [6, 6.07) is 5.12. The number of rotatable bonds is 5. The Morgan fingerprint density at radius 3 is 2.57 bits per heavy atom. The van der Waals surface area contributed by atoms with Gasteiger partial charge in [0.1, 0.15) is 11.3 Å². The van der Waals surface area contributed by atoms with Gasteiger partial charge in [0.15, 0.2) is 0 Å². The van der Waals surface area contributed by atoms with Crippen molar-refractivity contribution in [3.05, 3.63) is 46.3 Å². The maximum Gasteiger partial charge on any atom is 0.261 e. The summed E-state index contributed by atoms with van der Waals surface area (Å²) in [5.74, 6) is -0.0957. The Hall–Kier alpha value is -2.67. The van der Waals surface area contributed by atoms with Gasteiger partial charge < -0.3 is 20.9 Å². The normalized spacial score (nSPS) is 10.4. The second-order valence-electron chi connectivity index (χ2n) is 5.23. The van der Waals surface area contributed by atoms with Crippen LogP contribution in [0.5, 0.6) is 0 Å². The molecule has 1 aromatic carbocycles. The van der Waals surface area contributed by atoms with E-state index in [1.54, 1.807) is 32.0 Å². The Morgan fingerprint density at radius 1 is 1.22 bits per heavy atom. The zero-order valence-electron chi connectivity index (χ0n) is 13.4. The lowest BCUT2D eigenvalue weighted by Gasteiger charge is -2.11. The number of carbonyl (C=O) groups excluding carboxylic acids is 2. The van der Waals surface area contributed by atoms with Gasteiger partial charge in [-0.2, -0.15) is 0 Å². The molecule has 2 amide bonds. The molecule has 0 spiro atoms. The average molecular weight is 316 g/mol. The molecular formula is C16H20N4O3. The van der Waals surface area contributed by atoms with Gasteiger partial charge >= 0.3 is 0 Å². The van der Waals surface area contributed by atoms with Crippen molar-refractivity contribution < 1.29 is 14.1 Å². The summed E-state index contributed by atoms with van der Waals surface area (Å²) in [5, 5.41) is 9.26. The number of hydrogen-bond donors (Lipinski definition) is 3. The molecule has 0 saturated heterocycles. The standard InChI is InChI=1S/C16H20N4O3/c1-9-4-5-12(15(21)18-7-6-17)8-13(9)19-16(22)14-10(2)20-23-11(14)3/h4-5,8H,6-7,17H2,1-3H3,(H,18,21)(H,19,22). The fourth-order valence-electron chi connectivity index (χ4n) is 2.18. The van der Waals surface area contributed by atoms with E-state index in [2.05, 4.69) is 15.8 Å². The molecule has 0 unspecified atom stereocenters. The largest absolute Gasteiger partial charge is 0.361 e. The van der Waals surface area contributed by atoms with Crippen molar-refractivity contribution in [1.82, 2.24) is 10.5 Å². The van der Waals surface area contributed by atoms with Crippen LogP contribution in [0, 0.1) is 20.8 Å². The summed E-state index contributed by atoms with van der Waals surface area (Å²) in [7, 11) is 0. The third-order valence-electron chi connectivity index (χ3n) is 3.44. The van der Waals surface area contributed by atoms with E-state index in [4.69, 9.17) is 10.3 Å². The van der Waals surface area contributed by atoms with E-state index in [9.17, 15) is 9.59 Å². The van der Waals surface area contributed by atoms with Crippen LogP contribution in [0.25, 0.3) is 0 Å². The number of nitrogens with two attached hydrogens (primary N) is 1. The van der Waals surface area contributed by atoms with E-state index in [1.807, 2.05) is 6.92 Å². The second kappa shape index (κ2) is 7.06. The molecule has 2 rings (SSSR count). The van der Waals surface area contributed by atoms with E-state index < -0.39 is 0 Å². The molecule has 0 bridgehead atoms.